The number of benzene rings is 1. The van der Waals surface area contributed by atoms with E-state index in [4.69, 9.17) is 10.00 Å². The van der Waals surface area contributed by atoms with Crippen molar-refractivity contribution in [3.8, 4) is 6.07 Å². The van der Waals surface area contributed by atoms with Gasteiger partial charge in [-0.3, -0.25) is 0 Å². The van der Waals surface area contributed by atoms with Crippen molar-refractivity contribution in [2.45, 2.75) is 25.9 Å². The van der Waals surface area contributed by atoms with E-state index in [0.29, 0.717) is 12.1 Å². The lowest BCUT2D eigenvalue weighted by Gasteiger charge is -2.07. The molecule has 2 aromatic rings. The van der Waals surface area contributed by atoms with E-state index in [9.17, 15) is 4.39 Å². The summed E-state index contributed by atoms with van der Waals surface area (Å²) in [5.41, 5.74) is 0.523. The molecule has 1 radical (unpaired) electrons. The monoisotopic (exact) mass is 276 g/mol. The molecule has 0 fully saturated rings. The standard InChI is InChI=1S/C13H15FN3OSi/c1-19(2)6-5-18-9-17-13-10(8-16-17)3-4-12(14)11(13)7-15/h3-4,8H,5-6,9H2,1-2H3. The van der Waals surface area contributed by atoms with Gasteiger partial charge < -0.3 is 4.74 Å². The maximum Gasteiger partial charge on any atom is 0.143 e. The summed E-state index contributed by atoms with van der Waals surface area (Å²) in [6.45, 7) is 5.36. The van der Waals surface area contributed by atoms with Gasteiger partial charge in [0.15, 0.2) is 0 Å². The maximum atomic E-state index is 13.6. The highest BCUT2D eigenvalue weighted by molar-refractivity contribution is 6.55. The number of hydrogen-bond acceptors (Lipinski definition) is 3. The molecule has 0 amide bonds. The molecule has 2 rings (SSSR count). The van der Waals surface area contributed by atoms with Crippen LogP contribution in [0.4, 0.5) is 4.39 Å². The number of nitriles is 1. The second-order valence-electron chi connectivity index (χ2n) is 4.61. The number of nitrogens with zero attached hydrogens (tertiary/aromatic N) is 3. The Hall–Kier alpha value is -1.71. The molecule has 1 aromatic heterocycles. The Morgan fingerprint density at radius 3 is 2.95 bits per heavy atom. The molecule has 1 heterocycles. The Morgan fingerprint density at radius 1 is 1.47 bits per heavy atom. The van der Waals surface area contributed by atoms with Crippen molar-refractivity contribution in [2.24, 2.45) is 0 Å². The number of aromatic nitrogens is 2. The molecule has 0 aliphatic heterocycles. The van der Waals surface area contributed by atoms with E-state index in [0.717, 1.165) is 11.4 Å². The second-order valence-corrected chi connectivity index (χ2v) is 7.52. The number of ether oxygens (including phenoxy) is 1. The third kappa shape index (κ3) is 3.00. The first-order chi connectivity index (χ1) is 9.13. The summed E-state index contributed by atoms with van der Waals surface area (Å²) in [6, 6.07) is 5.85. The zero-order chi connectivity index (χ0) is 13.8. The Kier molecular flexibility index (Phi) is 4.30. The third-order valence-electron chi connectivity index (χ3n) is 2.82. The molecular formula is C13H15FN3OSi. The highest BCUT2D eigenvalue weighted by Crippen LogP contribution is 2.20. The predicted molar refractivity (Wildman–Crippen MR) is 72.6 cm³/mol. The normalized spacial score (nSPS) is 11.1. The SMILES string of the molecule is C[Si](C)CCOCn1ncc2ccc(F)c(C#N)c21. The lowest BCUT2D eigenvalue weighted by molar-refractivity contribution is 0.0820. The molecule has 0 aliphatic rings. The van der Waals surface area contributed by atoms with Crippen LogP contribution >= 0.6 is 0 Å². The molecule has 19 heavy (non-hydrogen) atoms. The average molecular weight is 276 g/mol. The Morgan fingerprint density at radius 2 is 2.26 bits per heavy atom. The topological polar surface area (TPSA) is 50.8 Å². The quantitative estimate of drug-likeness (QED) is 0.623. The number of halogens is 1. The minimum Gasteiger partial charge on any atom is -0.360 e. The van der Waals surface area contributed by atoms with Crippen molar-refractivity contribution in [1.29, 1.82) is 5.26 Å². The zero-order valence-corrected chi connectivity index (χ0v) is 12.0. The van der Waals surface area contributed by atoms with Gasteiger partial charge in [0.25, 0.3) is 0 Å². The van der Waals surface area contributed by atoms with Crippen LogP contribution in [0, 0.1) is 17.1 Å². The molecule has 0 bridgehead atoms. The first kappa shape index (κ1) is 13.7. The van der Waals surface area contributed by atoms with Crippen molar-refractivity contribution in [1.82, 2.24) is 9.78 Å². The lowest BCUT2D eigenvalue weighted by atomic mass is 10.1. The Balaban J connectivity index is 2.20. The van der Waals surface area contributed by atoms with Gasteiger partial charge >= 0.3 is 0 Å². The van der Waals surface area contributed by atoms with Crippen LogP contribution in [0.25, 0.3) is 10.9 Å². The van der Waals surface area contributed by atoms with Gasteiger partial charge in [0, 0.05) is 20.8 Å². The van der Waals surface area contributed by atoms with E-state index in [1.54, 1.807) is 12.3 Å². The van der Waals surface area contributed by atoms with Gasteiger partial charge in [-0.05, 0) is 18.2 Å². The van der Waals surface area contributed by atoms with Crippen LogP contribution < -0.4 is 0 Å². The van der Waals surface area contributed by atoms with E-state index in [-0.39, 0.29) is 21.1 Å². The smallest absolute Gasteiger partial charge is 0.143 e. The first-order valence-electron chi connectivity index (χ1n) is 6.04. The molecule has 6 heteroatoms. The van der Waals surface area contributed by atoms with Crippen LogP contribution in [0.5, 0.6) is 0 Å². The molecule has 0 unspecified atom stereocenters. The summed E-state index contributed by atoms with van der Waals surface area (Å²) in [5.74, 6) is -0.524. The molecule has 1 aromatic carbocycles. The molecule has 0 saturated carbocycles. The summed E-state index contributed by atoms with van der Waals surface area (Å²) in [7, 11) is -0.304. The van der Waals surface area contributed by atoms with Gasteiger partial charge in [0.05, 0.1) is 11.7 Å². The van der Waals surface area contributed by atoms with Crippen molar-refractivity contribution < 1.29 is 9.13 Å². The third-order valence-corrected chi connectivity index (χ3v) is 4.03. The molecule has 0 aliphatic carbocycles. The van der Waals surface area contributed by atoms with E-state index < -0.39 is 5.82 Å². The van der Waals surface area contributed by atoms with Gasteiger partial charge in [-0.15, -0.1) is 0 Å². The highest BCUT2D eigenvalue weighted by Gasteiger charge is 2.12. The first-order valence-corrected chi connectivity index (χ1v) is 8.75. The molecule has 0 saturated heterocycles. The van der Waals surface area contributed by atoms with Crippen molar-refractivity contribution >= 4 is 19.7 Å². The number of fused-ring (bicyclic) bond motifs is 1. The van der Waals surface area contributed by atoms with Crippen LogP contribution in [0.3, 0.4) is 0 Å². The van der Waals surface area contributed by atoms with Gasteiger partial charge in [-0.25, -0.2) is 9.07 Å². The van der Waals surface area contributed by atoms with E-state index in [1.807, 2.05) is 6.07 Å². The maximum absolute atomic E-state index is 13.6. The van der Waals surface area contributed by atoms with Gasteiger partial charge in [0.2, 0.25) is 0 Å². The van der Waals surface area contributed by atoms with Crippen LogP contribution in [-0.2, 0) is 11.5 Å². The predicted octanol–water partition coefficient (Wildman–Crippen LogP) is 2.78. The summed E-state index contributed by atoms with van der Waals surface area (Å²) in [5, 5.41) is 13.9. The largest absolute Gasteiger partial charge is 0.360 e. The molecule has 0 N–H and O–H groups in total. The molecule has 99 valence electrons. The van der Waals surface area contributed by atoms with Gasteiger partial charge in [-0.2, -0.15) is 10.4 Å². The number of hydrogen-bond donors (Lipinski definition) is 0. The fraction of sp³-hybridized carbons (Fsp3) is 0.385. The fourth-order valence-electron chi connectivity index (χ4n) is 1.79. The Labute approximate surface area is 113 Å². The minimum atomic E-state index is -0.524. The summed E-state index contributed by atoms with van der Waals surface area (Å²) < 4.78 is 20.6. The lowest BCUT2D eigenvalue weighted by Crippen LogP contribution is -2.10. The van der Waals surface area contributed by atoms with Crippen molar-refractivity contribution in [2.75, 3.05) is 6.61 Å². The minimum absolute atomic E-state index is 0.0225. The second kappa shape index (κ2) is 5.95. The summed E-state index contributed by atoms with van der Waals surface area (Å²) in [4.78, 5) is 0. The van der Waals surface area contributed by atoms with E-state index in [1.165, 1.54) is 10.7 Å². The number of rotatable bonds is 5. The fourth-order valence-corrected chi connectivity index (χ4v) is 2.34. The molecule has 4 nitrogen and oxygen atoms in total. The van der Waals surface area contributed by atoms with Crippen molar-refractivity contribution in [3.05, 3.63) is 29.7 Å². The van der Waals surface area contributed by atoms with E-state index >= 15 is 0 Å². The van der Waals surface area contributed by atoms with Crippen molar-refractivity contribution in [3.63, 3.8) is 0 Å². The van der Waals surface area contributed by atoms with Gasteiger partial charge in [-0.1, -0.05) is 13.1 Å². The Bertz CT molecular complexity index is 618. The molecule has 0 spiro atoms. The van der Waals surface area contributed by atoms with Crippen LogP contribution in [0.2, 0.25) is 19.1 Å². The van der Waals surface area contributed by atoms with Gasteiger partial charge in [0.1, 0.15) is 24.2 Å². The zero-order valence-electron chi connectivity index (χ0n) is 11.0. The van der Waals surface area contributed by atoms with Crippen LogP contribution in [0.15, 0.2) is 18.3 Å². The molecular weight excluding hydrogens is 261 g/mol. The van der Waals surface area contributed by atoms with Crippen LogP contribution in [0.1, 0.15) is 5.56 Å². The summed E-state index contributed by atoms with van der Waals surface area (Å²) in [6.07, 6.45) is 1.62. The highest BCUT2D eigenvalue weighted by atomic mass is 28.3. The van der Waals surface area contributed by atoms with Crippen LogP contribution in [-0.4, -0.2) is 25.2 Å². The average Bonchev–Trinajstić information content (AvgIpc) is 2.78. The van der Waals surface area contributed by atoms with E-state index in [2.05, 4.69) is 18.2 Å². The molecule has 0 atom stereocenters. The summed E-state index contributed by atoms with van der Waals surface area (Å²) >= 11 is 0.